The van der Waals surface area contributed by atoms with Crippen LogP contribution in [0.15, 0.2) is 24.4 Å². The molecule has 6 nitrogen and oxygen atoms in total. The molecule has 2 fully saturated rings. The average Bonchev–Trinajstić information content (AvgIpc) is 2.72. The van der Waals surface area contributed by atoms with Gasteiger partial charge in [-0.3, -0.25) is 4.79 Å². The van der Waals surface area contributed by atoms with Crippen LogP contribution in [0.25, 0.3) is 0 Å². The Morgan fingerprint density at radius 3 is 2.65 bits per heavy atom. The molecule has 26 heavy (non-hydrogen) atoms. The first-order chi connectivity index (χ1) is 12.7. The van der Waals surface area contributed by atoms with Gasteiger partial charge in [-0.05, 0) is 56.6 Å². The third-order valence-corrected chi connectivity index (χ3v) is 5.82. The fourth-order valence-electron chi connectivity index (χ4n) is 4.06. The number of carbonyl (C=O) groups excluding carboxylic acids is 1. The maximum atomic E-state index is 12.9. The number of anilines is 1. The van der Waals surface area contributed by atoms with Gasteiger partial charge < -0.3 is 20.3 Å². The number of hydrogen-bond donors (Lipinski definition) is 1. The molecule has 2 N–H and O–H groups in total. The van der Waals surface area contributed by atoms with Gasteiger partial charge in [0.1, 0.15) is 5.82 Å². The van der Waals surface area contributed by atoms with Crippen molar-refractivity contribution in [1.29, 1.82) is 0 Å². The van der Waals surface area contributed by atoms with E-state index in [1.807, 2.05) is 23.2 Å². The number of amides is 1. The van der Waals surface area contributed by atoms with Gasteiger partial charge >= 0.3 is 0 Å². The van der Waals surface area contributed by atoms with E-state index in [9.17, 15) is 4.79 Å². The first-order valence-corrected chi connectivity index (χ1v) is 9.97. The largest absolute Gasteiger partial charge is 0.381 e. The second-order valence-corrected chi connectivity index (χ2v) is 7.47. The Kier molecular flexibility index (Phi) is 6.86. The first kappa shape index (κ1) is 19.1. The molecule has 0 spiro atoms. The van der Waals surface area contributed by atoms with Crippen molar-refractivity contribution < 1.29 is 9.53 Å². The highest BCUT2D eigenvalue weighted by Gasteiger charge is 2.31. The van der Waals surface area contributed by atoms with Crippen LogP contribution >= 0.6 is 0 Å². The molecule has 2 aliphatic rings. The minimum atomic E-state index is -0.382. The summed E-state index contributed by atoms with van der Waals surface area (Å²) < 4.78 is 5.39. The van der Waals surface area contributed by atoms with E-state index < -0.39 is 0 Å². The van der Waals surface area contributed by atoms with Crippen molar-refractivity contribution in [2.75, 3.05) is 44.3 Å². The number of rotatable bonds is 6. The summed E-state index contributed by atoms with van der Waals surface area (Å²) in [4.78, 5) is 21.6. The first-order valence-electron chi connectivity index (χ1n) is 9.97. The molecule has 0 aromatic carbocycles. The highest BCUT2D eigenvalue weighted by atomic mass is 16.5. The molecule has 1 amide bonds. The van der Waals surface area contributed by atoms with Gasteiger partial charge in [0.2, 0.25) is 5.91 Å². The molecule has 1 unspecified atom stereocenters. The minimum absolute atomic E-state index is 0.117. The van der Waals surface area contributed by atoms with Gasteiger partial charge in [0.15, 0.2) is 0 Å². The van der Waals surface area contributed by atoms with Gasteiger partial charge in [-0.15, -0.1) is 0 Å². The van der Waals surface area contributed by atoms with Crippen molar-refractivity contribution in [3.8, 4) is 0 Å². The van der Waals surface area contributed by atoms with Crippen molar-refractivity contribution >= 4 is 11.7 Å². The van der Waals surface area contributed by atoms with Crippen molar-refractivity contribution in [1.82, 2.24) is 9.88 Å². The Balaban J connectivity index is 1.50. The van der Waals surface area contributed by atoms with Crippen molar-refractivity contribution in [3.63, 3.8) is 0 Å². The Morgan fingerprint density at radius 1 is 1.31 bits per heavy atom. The Morgan fingerprint density at radius 2 is 2.04 bits per heavy atom. The molecular formula is C20H32N4O2. The summed E-state index contributed by atoms with van der Waals surface area (Å²) in [5.41, 5.74) is 6.31. The maximum Gasteiger partial charge on any atom is 0.239 e. The van der Waals surface area contributed by atoms with E-state index in [0.29, 0.717) is 5.92 Å². The third-order valence-electron chi connectivity index (χ3n) is 5.82. The van der Waals surface area contributed by atoms with E-state index in [1.165, 1.54) is 0 Å². The molecule has 0 saturated carbocycles. The highest BCUT2D eigenvalue weighted by molar-refractivity contribution is 5.82. The number of nitrogens with two attached hydrogens (primary N) is 1. The van der Waals surface area contributed by atoms with Gasteiger partial charge in [-0.2, -0.15) is 0 Å². The molecule has 0 aliphatic carbocycles. The van der Waals surface area contributed by atoms with E-state index in [1.54, 1.807) is 0 Å². The molecule has 1 atom stereocenters. The predicted octanol–water partition coefficient (Wildman–Crippen LogP) is 1.90. The lowest BCUT2D eigenvalue weighted by atomic mass is 9.90. The zero-order valence-electron chi connectivity index (χ0n) is 15.8. The highest BCUT2D eigenvalue weighted by Crippen LogP contribution is 2.24. The Hall–Kier alpha value is -1.66. The zero-order chi connectivity index (χ0) is 18.4. The quantitative estimate of drug-likeness (QED) is 0.839. The molecule has 2 saturated heterocycles. The van der Waals surface area contributed by atoms with Crippen LogP contribution < -0.4 is 10.6 Å². The summed E-state index contributed by atoms with van der Waals surface area (Å²) in [7, 11) is 0. The number of hydrogen-bond acceptors (Lipinski definition) is 5. The molecular weight excluding hydrogens is 328 g/mol. The van der Waals surface area contributed by atoms with E-state index in [-0.39, 0.29) is 17.9 Å². The molecule has 144 valence electrons. The van der Waals surface area contributed by atoms with Gasteiger partial charge in [0.05, 0.1) is 6.04 Å². The summed E-state index contributed by atoms with van der Waals surface area (Å²) in [5, 5.41) is 0. The monoisotopic (exact) mass is 360 g/mol. The zero-order valence-corrected chi connectivity index (χ0v) is 15.8. The summed E-state index contributed by atoms with van der Waals surface area (Å²) in [6.07, 6.45) is 5.82. The van der Waals surface area contributed by atoms with Crippen LogP contribution in [0.4, 0.5) is 5.82 Å². The molecule has 0 bridgehead atoms. The second kappa shape index (κ2) is 9.33. The average molecular weight is 361 g/mol. The van der Waals surface area contributed by atoms with Crippen LogP contribution in [0.2, 0.25) is 0 Å². The van der Waals surface area contributed by atoms with Gasteiger partial charge in [0.25, 0.3) is 0 Å². The number of pyridine rings is 1. The molecule has 3 heterocycles. The lowest BCUT2D eigenvalue weighted by Gasteiger charge is -2.37. The topological polar surface area (TPSA) is 71.7 Å². The molecule has 1 aromatic rings. The van der Waals surface area contributed by atoms with Gasteiger partial charge in [-0.25, -0.2) is 4.98 Å². The number of piperidine rings is 1. The van der Waals surface area contributed by atoms with Crippen molar-refractivity contribution in [2.45, 2.75) is 38.6 Å². The normalized spacial score (nSPS) is 20.8. The van der Waals surface area contributed by atoms with E-state index in [0.717, 1.165) is 70.9 Å². The number of likely N-dealkylation sites (N-methyl/N-ethyl adjacent to an activating group) is 1. The third kappa shape index (κ3) is 4.74. The second-order valence-electron chi connectivity index (χ2n) is 7.47. The molecule has 2 aliphatic heterocycles. The summed E-state index contributed by atoms with van der Waals surface area (Å²) >= 11 is 0. The summed E-state index contributed by atoms with van der Waals surface area (Å²) in [6, 6.07) is 5.66. The summed E-state index contributed by atoms with van der Waals surface area (Å²) in [6.45, 7) is 7.06. The number of ether oxygens (including phenoxy) is 1. The SMILES string of the molecule is CCN(CC1CCN(c2ccccn2)CC1)C(=O)C(N)C1CCOCC1. The van der Waals surface area contributed by atoms with E-state index >= 15 is 0 Å². The van der Waals surface area contributed by atoms with E-state index in [4.69, 9.17) is 10.5 Å². The fourth-order valence-corrected chi connectivity index (χ4v) is 4.06. The standard InChI is InChI=1S/C20H32N4O2/c1-2-23(20(25)19(21)17-8-13-26-14-9-17)15-16-6-11-24(12-7-16)18-5-3-4-10-22-18/h3-5,10,16-17,19H,2,6-9,11-15,21H2,1H3. The predicted molar refractivity (Wildman–Crippen MR) is 103 cm³/mol. The van der Waals surface area contributed by atoms with Gasteiger partial charge in [-0.1, -0.05) is 6.07 Å². The van der Waals surface area contributed by atoms with Crippen molar-refractivity contribution in [3.05, 3.63) is 24.4 Å². The molecule has 3 rings (SSSR count). The maximum absolute atomic E-state index is 12.9. The van der Waals surface area contributed by atoms with Crippen LogP contribution in [-0.4, -0.2) is 61.2 Å². The molecule has 1 aromatic heterocycles. The van der Waals surface area contributed by atoms with Crippen LogP contribution in [0.1, 0.15) is 32.6 Å². The summed E-state index contributed by atoms with van der Waals surface area (Å²) in [5.74, 6) is 1.97. The van der Waals surface area contributed by atoms with Crippen molar-refractivity contribution in [2.24, 2.45) is 17.6 Å². The smallest absolute Gasteiger partial charge is 0.239 e. The number of carbonyl (C=O) groups is 1. The van der Waals surface area contributed by atoms with E-state index in [2.05, 4.69) is 22.9 Å². The number of nitrogens with zero attached hydrogens (tertiary/aromatic N) is 3. The van der Waals surface area contributed by atoms with Crippen LogP contribution in [0.3, 0.4) is 0 Å². The number of aromatic nitrogens is 1. The Labute approximate surface area is 156 Å². The lowest BCUT2D eigenvalue weighted by molar-refractivity contribution is -0.135. The fraction of sp³-hybridized carbons (Fsp3) is 0.700. The Bertz CT molecular complexity index is 554. The minimum Gasteiger partial charge on any atom is -0.381 e. The van der Waals surface area contributed by atoms with Gasteiger partial charge in [0, 0.05) is 45.6 Å². The van der Waals surface area contributed by atoms with Crippen LogP contribution in [0.5, 0.6) is 0 Å². The molecule has 0 radical (unpaired) electrons. The van der Waals surface area contributed by atoms with Crippen LogP contribution in [-0.2, 0) is 9.53 Å². The van der Waals surface area contributed by atoms with Crippen LogP contribution in [0, 0.1) is 11.8 Å². The lowest BCUT2D eigenvalue weighted by Crippen LogP contribution is -2.51. The molecule has 6 heteroatoms.